The summed E-state index contributed by atoms with van der Waals surface area (Å²) in [6, 6.07) is 5.57. The Kier molecular flexibility index (Phi) is 4.46. The minimum Gasteiger partial charge on any atom is -0.371 e. The molecule has 1 aromatic rings. The fraction of sp³-hybridized carbons (Fsp3) is 0.571. The number of nitrogens with zero attached hydrogens (tertiary/aromatic N) is 1. The Bertz CT molecular complexity index is 409. The fourth-order valence-electron chi connectivity index (χ4n) is 2.32. The largest absolute Gasteiger partial charge is 0.371 e. The van der Waals surface area contributed by atoms with E-state index in [0.717, 1.165) is 31.7 Å². The van der Waals surface area contributed by atoms with Crippen molar-refractivity contribution < 1.29 is 4.39 Å². The van der Waals surface area contributed by atoms with E-state index < -0.39 is 0 Å². The summed E-state index contributed by atoms with van der Waals surface area (Å²) in [6.45, 7) is 7.32. The van der Waals surface area contributed by atoms with Crippen LogP contribution in [0.1, 0.15) is 20.3 Å². The van der Waals surface area contributed by atoms with Crippen LogP contribution in [0.2, 0.25) is 5.02 Å². The highest BCUT2D eigenvalue weighted by atomic mass is 35.5. The molecule has 1 aliphatic heterocycles. The molecule has 0 amide bonds. The van der Waals surface area contributed by atoms with E-state index in [0.29, 0.717) is 12.0 Å². The lowest BCUT2D eigenvalue weighted by Crippen LogP contribution is -2.30. The van der Waals surface area contributed by atoms with Crippen LogP contribution in [0.3, 0.4) is 0 Å². The van der Waals surface area contributed by atoms with Gasteiger partial charge in [-0.3, -0.25) is 0 Å². The van der Waals surface area contributed by atoms with Crippen molar-refractivity contribution in [3.8, 4) is 0 Å². The summed E-state index contributed by atoms with van der Waals surface area (Å²) in [5.74, 6) is 0.309. The molecular formula is C14H20ClFN2. The smallest absolute Gasteiger partial charge is 0.143 e. The van der Waals surface area contributed by atoms with Crippen LogP contribution in [0, 0.1) is 11.7 Å². The molecule has 0 aromatic heterocycles. The maximum Gasteiger partial charge on any atom is 0.143 e. The van der Waals surface area contributed by atoms with Gasteiger partial charge >= 0.3 is 0 Å². The van der Waals surface area contributed by atoms with E-state index in [4.69, 9.17) is 11.6 Å². The van der Waals surface area contributed by atoms with E-state index in [1.165, 1.54) is 6.07 Å². The maximum atomic E-state index is 13.4. The van der Waals surface area contributed by atoms with Crippen molar-refractivity contribution >= 4 is 17.3 Å². The molecule has 0 bridgehead atoms. The molecule has 0 spiro atoms. The molecule has 1 N–H and O–H groups in total. The van der Waals surface area contributed by atoms with Crippen LogP contribution in [0.4, 0.5) is 10.1 Å². The van der Waals surface area contributed by atoms with Crippen molar-refractivity contribution in [2.24, 2.45) is 5.92 Å². The lowest BCUT2D eigenvalue weighted by molar-refractivity contribution is 0.480. The average Bonchev–Trinajstić information content (AvgIpc) is 2.79. The molecule has 1 aliphatic rings. The number of halogens is 2. The molecule has 2 rings (SSSR count). The molecule has 1 atom stereocenters. The number of anilines is 1. The Morgan fingerprint density at radius 2 is 2.28 bits per heavy atom. The van der Waals surface area contributed by atoms with E-state index in [1.807, 2.05) is 6.07 Å². The first kappa shape index (κ1) is 13.6. The van der Waals surface area contributed by atoms with Crippen molar-refractivity contribution in [3.63, 3.8) is 0 Å². The summed E-state index contributed by atoms with van der Waals surface area (Å²) < 4.78 is 13.4. The van der Waals surface area contributed by atoms with E-state index in [1.54, 1.807) is 6.07 Å². The lowest BCUT2D eigenvalue weighted by Gasteiger charge is -2.19. The van der Waals surface area contributed by atoms with Gasteiger partial charge in [-0.1, -0.05) is 25.4 Å². The minimum atomic E-state index is -0.335. The quantitative estimate of drug-likeness (QED) is 0.903. The van der Waals surface area contributed by atoms with Crippen molar-refractivity contribution in [1.82, 2.24) is 5.32 Å². The van der Waals surface area contributed by atoms with Crippen LogP contribution in [-0.4, -0.2) is 25.7 Å². The minimum absolute atomic E-state index is 0.191. The first-order chi connectivity index (χ1) is 8.56. The molecular weight excluding hydrogens is 251 g/mol. The molecule has 1 fully saturated rings. The zero-order chi connectivity index (χ0) is 13.1. The fourth-order valence-corrected chi connectivity index (χ4v) is 2.44. The Labute approximate surface area is 113 Å². The number of benzene rings is 1. The van der Waals surface area contributed by atoms with E-state index >= 15 is 0 Å². The predicted octanol–water partition coefficient (Wildman–Crippen LogP) is 3.30. The van der Waals surface area contributed by atoms with Crippen LogP contribution >= 0.6 is 11.6 Å². The highest BCUT2D eigenvalue weighted by Gasteiger charge is 2.23. The molecule has 100 valence electrons. The summed E-state index contributed by atoms with van der Waals surface area (Å²) in [6.07, 6.45) is 1.16. The van der Waals surface area contributed by atoms with Crippen LogP contribution < -0.4 is 10.2 Å². The molecule has 1 saturated heterocycles. The second-order valence-corrected chi connectivity index (χ2v) is 5.67. The Morgan fingerprint density at radius 3 is 2.94 bits per heavy atom. The maximum absolute atomic E-state index is 13.4. The Hall–Kier alpha value is -0.800. The SMILES string of the molecule is CC(C)NCC1CCN(c2ccc(Cl)c(F)c2)C1. The molecule has 0 aliphatic carbocycles. The molecule has 4 heteroatoms. The Morgan fingerprint density at radius 1 is 1.50 bits per heavy atom. The number of hydrogen-bond acceptors (Lipinski definition) is 2. The number of rotatable bonds is 4. The van der Waals surface area contributed by atoms with E-state index in [9.17, 15) is 4.39 Å². The van der Waals surface area contributed by atoms with Crippen LogP contribution in [0.15, 0.2) is 18.2 Å². The van der Waals surface area contributed by atoms with Gasteiger partial charge in [0.15, 0.2) is 0 Å². The van der Waals surface area contributed by atoms with Crippen molar-refractivity contribution in [1.29, 1.82) is 0 Å². The van der Waals surface area contributed by atoms with Crippen LogP contribution in [0.5, 0.6) is 0 Å². The van der Waals surface area contributed by atoms with Gasteiger partial charge in [0.25, 0.3) is 0 Å². The summed E-state index contributed by atoms with van der Waals surface area (Å²) in [5, 5.41) is 3.65. The molecule has 0 saturated carbocycles. The molecule has 1 aromatic carbocycles. The number of hydrogen-bond donors (Lipinski definition) is 1. The molecule has 18 heavy (non-hydrogen) atoms. The Balaban J connectivity index is 1.93. The predicted molar refractivity (Wildman–Crippen MR) is 74.9 cm³/mol. The van der Waals surface area contributed by atoms with Gasteiger partial charge in [0.2, 0.25) is 0 Å². The third-order valence-electron chi connectivity index (χ3n) is 3.37. The van der Waals surface area contributed by atoms with Gasteiger partial charge in [-0.15, -0.1) is 0 Å². The van der Waals surface area contributed by atoms with Gasteiger partial charge < -0.3 is 10.2 Å². The van der Waals surface area contributed by atoms with Gasteiger partial charge in [0.05, 0.1) is 5.02 Å². The second-order valence-electron chi connectivity index (χ2n) is 5.26. The van der Waals surface area contributed by atoms with Crippen molar-refractivity contribution in [3.05, 3.63) is 29.0 Å². The van der Waals surface area contributed by atoms with E-state index in [2.05, 4.69) is 24.1 Å². The second kappa shape index (κ2) is 5.89. The van der Waals surface area contributed by atoms with Gasteiger partial charge in [-0.2, -0.15) is 0 Å². The first-order valence-electron chi connectivity index (χ1n) is 6.49. The summed E-state index contributed by atoms with van der Waals surface area (Å²) >= 11 is 5.70. The zero-order valence-electron chi connectivity index (χ0n) is 10.9. The van der Waals surface area contributed by atoms with Gasteiger partial charge in [0, 0.05) is 24.8 Å². The molecule has 1 unspecified atom stereocenters. The molecule has 1 heterocycles. The summed E-state index contributed by atoms with van der Waals surface area (Å²) in [4.78, 5) is 2.23. The third-order valence-corrected chi connectivity index (χ3v) is 3.68. The number of nitrogens with one attached hydrogen (secondary N) is 1. The monoisotopic (exact) mass is 270 g/mol. The van der Waals surface area contributed by atoms with Crippen molar-refractivity contribution in [2.75, 3.05) is 24.5 Å². The normalized spacial score (nSPS) is 19.8. The van der Waals surface area contributed by atoms with Crippen LogP contribution in [0.25, 0.3) is 0 Å². The van der Waals surface area contributed by atoms with E-state index in [-0.39, 0.29) is 10.8 Å². The first-order valence-corrected chi connectivity index (χ1v) is 6.87. The van der Waals surface area contributed by atoms with Gasteiger partial charge in [-0.05, 0) is 37.1 Å². The average molecular weight is 271 g/mol. The van der Waals surface area contributed by atoms with Crippen molar-refractivity contribution in [2.45, 2.75) is 26.3 Å². The lowest BCUT2D eigenvalue weighted by atomic mass is 10.1. The third kappa shape index (κ3) is 3.36. The van der Waals surface area contributed by atoms with Gasteiger partial charge in [0.1, 0.15) is 5.82 Å². The molecule has 0 radical (unpaired) electrons. The molecule has 2 nitrogen and oxygen atoms in total. The zero-order valence-corrected chi connectivity index (χ0v) is 11.7. The summed E-state index contributed by atoms with van der Waals surface area (Å²) in [7, 11) is 0. The van der Waals surface area contributed by atoms with Crippen LogP contribution in [-0.2, 0) is 0 Å². The highest BCUT2D eigenvalue weighted by molar-refractivity contribution is 6.30. The standard InChI is InChI=1S/C14H20ClFN2/c1-10(2)17-8-11-5-6-18(9-11)12-3-4-13(15)14(16)7-12/h3-4,7,10-11,17H,5-6,8-9H2,1-2H3. The summed E-state index contributed by atoms with van der Waals surface area (Å²) in [5.41, 5.74) is 0.934. The highest BCUT2D eigenvalue weighted by Crippen LogP contribution is 2.26. The van der Waals surface area contributed by atoms with Gasteiger partial charge in [-0.25, -0.2) is 4.39 Å². The topological polar surface area (TPSA) is 15.3 Å².